The van der Waals surface area contributed by atoms with Crippen LogP contribution in [0.5, 0.6) is 0 Å². The molecule has 1 unspecified atom stereocenters. The zero-order valence-corrected chi connectivity index (χ0v) is 11.6. The van der Waals surface area contributed by atoms with Crippen LogP contribution in [0.15, 0.2) is 18.2 Å². The molecule has 0 spiro atoms. The van der Waals surface area contributed by atoms with Gasteiger partial charge in [-0.05, 0) is 31.5 Å². The normalized spacial score (nSPS) is 14.8. The third kappa shape index (κ3) is 2.46. The smallest absolute Gasteiger partial charge is 0.253 e. The lowest BCUT2D eigenvalue weighted by Crippen LogP contribution is -2.29. The lowest BCUT2D eigenvalue weighted by molar-refractivity contribution is 0.0938. The monoisotopic (exact) mass is 289 g/mol. The molecule has 1 aliphatic heterocycles. The Labute approximate surface area is 121 Å². The molecule has 3 rings (SSSR count). The minimum absolute atomic E-state index is 0.117. The van der Waals surface area contributed by atoms with Gasteiger partial charge in [-0.25, -0.2) is 4.39 Å². The Balaban J connectivity index is 1.77. The minimum Gasteiger partial charge on any atom is -0.398 e. The number of nitrogen functional groups attached to an aromatic ring is 1. The number of anilines is 1. The molecule has 1 aromatic heterocycles. The van der Waals surface area contributed by atoms with Crippen LogP contribution in [0.25, 0.3) is 0 Å². The number of nitrogens with zero attached hydrogens (tertiary/aromatic N) is 3. The molecule has 0 aliphatic carbocycles. The van der Waals surface area contributed by atoms with Crippen LogP contribution in [0.1, 0.15) is 41.4 Å². The lowest BCUT2D eigenvalue weighted by Gasteiger charge is -2.14. The zero-order valence-electron chi connectivity index (χ0n) is 11.6. The highest BCUT2D eigenvalue weighted by atomic mass is 19.1. The van der Waals surface area contributed by atoms with Crippen molar-refractivity contribution in [2.45, 2.75) is 32.4 Å². The van der Waals surface area contributed by atoms with Gasteiger partial charge in [0.15, 0.2) is 5.82 Å². The van der Waals surface area contributed by atoms with Gasteiger partial charge in [-0.15, -0.1) is 10.2 Å². The average Bonchev–Trinajstić information content (AvgIpc) is 3.00. The molecule has 0 saturated carbocycles. The van der Waals surface area contributed by atoms with Crippen LogP contribution >= 0.6 is 0 Å². The maximum Gasteiger partial charge on any atom is 0.253 e. The van der Waals surface area contributed by atoms with E-state index in [1.807, 2.05) is 11.5 Å². The summed E-state index contributed by atoms with van der Waals surface area (Å²) in [5.74, 6) is 0.867. The molecule has 3 N–H and O–H groups in total. The molecule has 21 heavy (non-hydrogen) atoms. The van der Waals surface area contributed by atoms with Gasteiger partial charge in [0.2, 0.25) is 0 Å². The molecule has 0 radical (unpaired) electrons. The molecule has 2 heterocycles. The molecule has 1 atom stereocenters. The van der Waals surface area contributed by atoms with E-state index in [1.165, 1.54) is 12.1 Å². The van der Waals surface area contributed by atoms with Crippen LogP contribution in [0.3, 0.4) is 0 Å². The summed E-state index contributed by atoms with van der Waals surface area (Å²) in [4.78, 5) is 12.2. The Hall–Kier alpha value is -2.44. The van der Waals surface area contributed by atoms with E-state index in [0.29, 0.717) is 0 Å². The summed E-state index contributed by atoms with van der Waals surface area (Å²) in [6.45, 7) is 2.71. The van der Waals surface area contributed by atoms with Crippen molar-refractivity contribution < 1.29 is 9.18 Å². The summed E-state index contributed by atoms with van der Waals surface area (Å²) < 4.78 is 15.0. The Kier molecular flexibility index (Phi) is 3.32. The number of carbonyl (C=O) groups is 1. The Bertz CT molecular complexity index is 697. The summed E-state index contributed by atoms with van der Waals surface area (Å²) >= 11 is 0. The van der Waals surface area contributed by atoms with E-state index in [4.69, 9.17) is 5.73 Å². The lowest BCUT2D eigenvalue weighted by atomic mass is 10.1. The maximum atomic E-state index is 13.0. The van der Waals surface area contributed by atoms with Gasteiger partial charge >= 0.3 is 0 Å². The number of rotatable bonds is 3. The van der Waals surface area contributed by atoms with Crippen LogP contribution < -0.4 is 11.1 Å². The van der Waals surface area contributed by atoms with Gasteiger partial charge < -0.3 is 15.6 Å². The molecular formula is C14H16FN5O. The molecule has 7 heteroatoms. The number of benzene rings is 1. The standard InChI is InChI=1S/C14H16FN5O/c1-8(13-19-18-12-3-2-6-20(12)13)17-14(21)10-5-4-9(15)7-11(10)16/h4-5,7-8H,2-3,6,16H2,1H3,(H,17,21). The van der Waals surface area contributed by atoms with Crippen molar-refractivity contribution in [3.8, 4) is 0 Å². The first-order valence-corrected chi connectivity index (χ1v) is 6.84. The van der Waals surface area contributed by atoms with Gasteiger partial charge in [0, 0.05) is 18.7 Å². The molecule has 0 fully saturated rings. The first-order chi connectivity index (χ1) is 10.1. The second-order valence-electron chi connectivity index (χ2n) is 5.16. The second-order valence-corrected chi connectivity index (χ2v) is 5.16. The van der Waals surface area contributed by atoms with E-state index in [1.54, 1.807) is 0 Å². The van der Waals surface area contributed by atoms with Crippen molar-refractivity contribution in [1.29, 1.82) is 0 Å². The molecule has 0 bridgehead atoms. The average molecular weight is 289 g/mol. The molecule has 2 aromatic rings. The van der Waals surface area contributed by atoms with Gasteiger partial charge in [-0.2, -0.15) is 0 Å². The molecule has 110 valence electrons. The van der Waals surface area contributed by atoms with E-state index >= 15 is 0 Å². The number of hydrogen-bond acceptors (Lipinski definition) is 4. The highest BCUT2D eigenvalue weighted by molar-refractivity contribution is 5.99. The van der Waals surface area contributed by atoms with Crippen molar-refractivity contribution in [2.24, 2.45) is 0 Å². The number of aromatic nitrogens is 3. The minimum atomic E-state index is -0.465. The molecule has 1 aliphatic rings. The van der Waals surface area contributed by atoms with Gasteiger partial charge in [-0.3, -0.25) is 4.79 Å². The Morgan fingerprint density at radius 2 is 2.29 bits per heavy atom. The van der Waals surface area contributed by atoms with Gasteiger partial charge in [0.05, 0.1) is 11.6 Å². The summed E-state index contributed by atoms with van der Waals surface area (Å²) in [6.07, 6.45) is 1.96. The predicted molar refractivity (Wildman–Crippen MR) is 75.0 cm³/mol. The number of halogens is 1. The van der Waals surface area contributed by atoms with Crippen LogP contribution in [0.2, 0.25) is 0 Å². The number of hydrogen-bond donors (Lipinski definition) is 2. The quantitative estimate of drug-likeness (QED) is 0.837. The van der Waals surface area contributed by atoms with Crippen LogP contribution in [-0.4, -0.2) is 20.7 Å². The topological polar surface area (TPSA) is 85.8 Å². The number of nitrogens with one attached hydrogen (secondary N) is 1. The first-order valence-electron chi connectivity index (χ1n) is 6.84. The van der Waals surface area contributed by atoms with E-state index in [9.17, 15) is 9.18 Å². The Morgan fingerprint density at radius 1 is 1.48 bits per heavy atom. The maximum absolute atomic E-state index is 13.0. The molecule has 6 nitrogen and oxygen atoms in total. The van der Waals surface area contributed by atoms with E-state index < -0.39 is 5.82 Å². The van der Waals surface area contributed by atoms with E-state index in [0.717, 1.165) is 37.1 Å². The number of carbonyl (C=O) groups excluding carboxylic acids is 1. The third-order valence-electron chi connectivity index (χ3n) is 3.63. The number of amides is 1. The summed E-state index contributed by atoms with van der Waals surface area (Å²) in [6, 6.07) is 3.43. The SMILES string of the molecule is CC(NC(=O)c1ccc(F)cc1N)c1nnc2n1CCC2. The summed E-state index contributed by atoms with van der Waals surface area (Å²) in [5.41, 5.74) is 6.04. The largest absolute Gasteiger partial charge is 0.398 e. The molecule has 0 saturated heterocycles. The highest BCUT2D eigenvalue weighted by Crippen LogP contribution is 2.20. The predicted octanol–water partition coefficient (Wildman–Crippen LogP) is 1.44. The molecule has 1 aromatic carbocycles. The van der Waals surface area contributed by atoms with Crippen LogP contribution in [0, 0.1) is 5.82 Å². The van der Waals surface area contributed by atoms with Crippen LogP contribution in [-0.2, 0) is 13.0 Å². The highest BCUT2D eigenvalue weighted by Gasteiger charge is 2.23. The third-order valence-corrected chi connectivity index (χ3v) is 3.63. The van der Waals surface area contributed by atoms with Crippen molar-refractivity contribution in [3.63, 3.8) is 0 Å². The Morgan fingerprint density at radius 3 is 3.05 bits per heavy atom. The van der Waals surface area contributed by atoms with E-state index in [2.05, 4.69) is 15.5 Å². The van der Waals surface area contributed by atoms with Crippen molar-refractivity contribution in [1.82, 2.24) is 20.1 Å². The fourth-order valence-electron chi connectivity index (χ4n) is 2.57. The fourth-order valence-corrected chi connectivity index (χ4v) is 2.57. The van der Waals surface area contributed by atoms with Crippen molar-refractivity contribution >= 4 is 11.6 Å². The van der Waals surface area contributed by atoms with Crippen LogP contribution in [0.4, 0.5) is 10.1 Å². The number of aryl methyl sites for hydroxylation is 1. The van der Waals surface area contributed by atoms with Crippen molar-refractivity contribution in [3.05, 3.63) is 41.2 Å². The summed E-state index contributed by atoms with van der Waals surface area (Å²) in [7, 11) is 0. The fraction of sp³-hybridized carbons (Fsp3) is 0.357. The number of fused-ring (bicyclic) bond motifs is 1. The second kappa shape index (κ2) is 5.16. The number of nitrogens with two attached hydrogens (primary N) is 1. The van der Waals surface area contributed by atoms with Gasteiger partial charge in [-0.1, -0.05) is 0 Å². The zero-order chi connectivity index (χ0) is 15.0. The molecule has 1 amide bonds. The summed E-state index contributed by atoms with van der Waals surface area (Å²) in [5, 5.41) is 11.1. The first kappa shape index (κ1) is 13.5. The van der Waals surface area contributed by atoms with Crippen molar-refractivity contribution in [2.75, 3.05) is 5.73 Å². The molecular weight excluding hydrogens is 273 g/mol. The van der Waals surface area contributed by atoms with Gasteiger partial charge in [0.1, 0.15) is 11.6 Å². The van der Waals surface area contributed by atoms with Gasteiger partial charge in [0.25, 0.3) is 5.91 Å². The van der Waals surface area contributed by atoms with E-state index in [-0.39, 0.29) is 23.2 Å².